The second-order valence-electron chi connectivity index (χ2n) is 5.21. The van der Waals surface area contributed by atoms with Gasteiger partial charge in [-0.3, -0.25) is 0 Å². The first-order chi connectivity index (χ1) is 6.76. The largest absolute Gasteiger partial charge is 1.00 e. The van der Waals surface area contributed by atoms with E-state index >= 15 is 0 Å². The molecule has 0 saturated carbocycles. The predicted octanol–water partition coefficient (Wildman–Crippen LogP) is 2.91. The van der Waals surface area contributed by atoms with Crippen LogP contribution in [0.5, 0.6) is 0 Å². The molecule has 16 heavy (non-hydrogen) atoms. The van der Waals surface area contributed by atoms with Crippen LogP contribution in [0, 0.1) is 0 Å². The van der Waals surface area contributed by atoms with Gasteiger partial charge in [0.05, 0.1) is 0 Å². The van der Waals surface area contributed by atoms with Gasteiger partial charge in [-0.1, -0.05) is 33.5 Å². The van der Waals surface area contributed by atoms with Gasteiger partial charge in [-0.25, -0.2) is 0 Å². The van der Waals surface area contributed by atoms with Crippen LogP contribution >= 0.6 is 0 Å². The number of amidine groups is 1. The maximum atomic E-state index is 4.59. The minimum Gasteiger partial charge on any atom is -0.468 e. The Labute approximate surface area is 112 Å². The Bertz CT molecular complexity index is 207. The third-order valence-corrected chi connectivity index (χ3v) is 2.20. The van der Waals surface area contributed by atoms with Crippen molar-refractivity contribution in [3.8, 4) is 0 Å². The molecule has 1 unspecified atom stereocenters. The molecule has 0 fully saturated rings. The van der Waals surface area contributed by atoms with Crippen LogP contribution in [0.4, 0.5) is 0 Å². The van der Waals surface area contributed by atoms with Gasteiger partial charge in [0.2, 0.25) is 0 Å². The van der Waals surface area contributed by atoms with E-state index in [-0.39, 0.29) is 22.6 Å². The van der Waals surface area contributed by atoms with Crippen molar-refractivity contribution < 1.29 is 17.1 Å². The molecule has 0 aromatic carbocycles. The van der Waals surface area contributed by atoms with Crippen molar-refractivity contribution in [3.63, 3.8) is 0 Å². The summed E-state index contributed by atoms with van der Waals surface area (Å²) in [7, 11) is 4.15. The Balaban J connectivity index is 0. The molecule has 0 aromatic heterocycles. The normalized spacial score (nSPS) is 14.6. The zero-order chi connectivity index (χ0) is 12.1. The maximum absolute atomic E-state index is 4.59. The molecular weight excluding hydrogens is 250 g/mol. The van der Waals surface area contributed by atoms with Crippen LogP contribution in [-0.4, -0.2) is 43.0 Å². The molecule has 0 N–H and O–H groups in total. The molecule has 0 aliphatic carbocycles. The van der Waals surface area contributed by atoms with E-state index in [1.54, 1.807) is 0 Å². The van der Waals surface area contributed by atoms with E-state index in [9.17, 15) is 0 Å². The Hall–Kier alpha value is -0.0505. The number of rotatable bonds is 4. The number of nitrogens with zero attached hydrogens (tertiary/aromatic N) is 3. The van der Waals surface area contributed by atoms with E-state index in [0.717, 1.165) is 18.8 Å². The number of hydrogen-bond acceptors (Lipinski definition) is 2. The summed E-state index contributed by atoms with van der Waals surface area (Å²) in [4.78, 5) is 6.76. The molecule has 3 nitrogen and oxygen atoms in total. The summed E-state index contributed by atoms with van der Waals surface area (Å²) in [5.41, 5.74) is -0.0177. The molecule has 100 valence electrons. The fourth-order valence-electron chi connectivity index (χ4n) is 1.01. The summed E-state index contributed by atoms with van der Waals surface area (Å²) in [6, 6.07) is 0.474. The van der Waals surface area contributed by atoms with Gasteiger partial charge >= 0.3 is 17.1 Å². The molecule has 0 heterocycles. The summed E-state index contributed by atoms with van der Waals surface area (Å²) in [5.74, 6) is 0.983. The second-order valence-corrected chi connectivity index (χ2v) is 5.21. The third kappa shape index (κ3) is 9.20. The first-order valence-corrected chi connectivity index (χ1v) is 5.69. The SMILES string of the molecule is CCC(=NC(C)(C)C)[N-]CC(C)N(C)C.[Cu+]. The zero-order valence-electron chi connectivity index (χ0n) is 11.6. The Morgan fingerprint density at radius 1 is 1.31 bits per heavy atom. The summed E-state index contributed by atoms with van der Waals surface area (Å²) in [6.45, 7) is 11.4. The topological polar surface area (TPSA) is 29.7 Å². The van der Waals surface area contributed by atoms with Crippen LogP contribution < -0.4 is 0 Å². The van der Waals surface area contributed by atoms with E-state index < -0.39 is 0 Å². The number of likely N-dealkylation sites (N-methyl/N-ethyl adjacent to an activating group) is 1. The average molecular weight is 276 g/mol. The van der Waals surface area contributed by atoms with Gasteiger partial charge in [-0.15, -0.1) is 0 Å². The van der Waals surface area contributed by atoms with E-state index in [0.29, 0.717) is 6.04 Å². The predicted molar refractivity (Wildman–Crippen MR) is 68.9 cm³/mol. The van der Waals surface area contributed by atoms with Crippen molar-refractivity contribution in [1.82, 2.24) is 4.90 Å². The van der Waals surface area contributed by atoms with Crippen LogP contribution in [-0.2, 0) is 17.1 Å². The van der Waals surface area contributed by atoms with Gasteiger partial charge in [-0.2, -0.15) is 0 Å². The fraction of sp³-hybridized carbons (Fsp3) is 0.917. The van der Waals surface area contributed by atoms with E-state index in [4.69, 9.17) is 0 Å². The Kier molecular flexibility index (Phi) is 9.27. The van der Waals surface area contributed by atoms with E-state index in [1.807, 2.05) is 0 Å². The molecule has 0 aliphatic heterocycles. The summed E-state index contributed by atoms with van der Waals surface area (Å²) < 4.78 is 0. The van der Waals surface area contributed by atoms with Crippen molar-refractivity contribution in [2.45, 2.75) is 52.6 Å². The molecule has 0 bridgehead atoms. The quantitative estimate of drug-likeness (QED) is 0.441. The van der Waals surface area contributed by atoms with Crippen molar-refractivity contribution in [3.05, 3.63) is 5.32 Å². The van der Waals surface area contributed by atoms with Gasteiger partial charge in [0.1, 0.15) is 0 Å². The molecular formula is C12H26CuN3. The smallest absolute Gasteiger partial charge is 0.468 e. The van der Waals surface area contributed by atoms with E-state index in [1.165, 1.54) is 0 Å². The standard InChI is InChI=1S/C12H26N3.Cu/c1-8-11(14-12(3,4)5)13-9-10(2)15(6)7;/h10H,8-9H2,1-7H3;/q-1;+1. The Morgan fingerprint density at radius 3 is 2.12 bits per heavy atom. The van der Waals surface area contributed by atoms with Gasteiger partial charge in [-0.05, 0) is 39.5 Å². The maximum Gasteiger partial charge on any atom is 1.00 e. The fourth-order valence-corrected chi connectivity index (χ4v) is 1.01. The van der Waals surface area contributed by atoms with Crippen molar-refractivity contribution in [2.75, 3.05) is 20.6 Å². The van der Waals surface area contributed by atoms with Crippen LogP contribution in [0.2, 0.25) is 0 Å². The molecule has 0 amide bonds. The number of aliphatic imine (C=N–C) groups is 1. The Morgan fingerprint density at radius 2 is 1.81 bits per heavy atom. The van der Waals surface area contributed by atoms with Crippen LogP contribution in [0.25, 0.3) is 5.32 Å². The first-order valence-electron chi connectivity index (χ1n) is 5.69. The molecule has 0 rings (SSSR count). The van der Waals surface area contributed by atoms with Crippen LogP contribution in [0.1, 0.15) is 41.0 Å². The van der Waals surface area contributed by atoms with Gasteiger partial charge in [0, 0.05) is 6.04 Å². The number of hydrogen-bond donors (Lipinski definition) is 0. The van der Waals surface area contributed by atoms with Crippen LogP contribution in [0.15, 0.2) is 4.99 Å². The molecule has 0 saturated heterocycles. The van der Waals surface area contributed by atoms with Gasteiger partial charge < -0.3 is 15.2 Å². The van der Waals surface area contributed by atoms with Crippen molar-refractivity contribution >= 4 is 5.84 Å². The molecule has 1 atom stereocenters. The minimum atomic E-state index is -0.0177. The minimum absolute atomic E-state index is 0. The molecule has 0 spiro atoms. The van der Waals surface area contributed by atoms with Crippen molar-refractivity contribution in [1.29, 1.82) is 0 Å². The summed E-state index contributed by atoms with van der Waals surface area (Å²) in [5, 5.41) is 4.56. The van der Waals surface area contributed by atoms with Gasteiger partial charge in [0.15, 0.2) is 0 Å². The summed E-state index contributed by atoms with van der Waals surface area (Å²) in [6.07, 6.45) is 0.914. The average Bonchev–Trinajstić information content (AvgIpc) is 2.09. The zero-order valence-corrected chi connectivity index (χ0v) is 12.6. The summed E-state index contributed by atoms with van der Waals surface area (Å²) >= 11 is 0. The first kappa shape index (κ1) is 18.3. The second kappa shape index (κ2) is 8.10. The molecule has 0 aliphatic rings. The van der Waals surface area contributed by atoms with E-state index in [2.05, 4.69) is 63.9 Å². The molecule has 0 aromatic rings. The molecule has 4 heteroatoms. The monoisotopic (exact) mass is 275 g/mol. The van der Waals surface area contributed by atoms with Crippen molar-refractivity contribution in [2.24, 2.45) is 4.99 Å². The molecule has 0 radical (unpaired) electrons. The third-order valence-electron chi connectivity index (χ3n) is 2.20. The van der Waals surface area contributed by atoms with Gasteiger partial charge in [0.25, 0.3) is 0 Å². The van der Waals surface area contributed by atoms with Crippen LogP contribution in [0.3, 0.4) is 0 Å².